The summed E-state index contributed by atoms with van der Waals surface area (Å²) >= 11 is 6.21. The fraction of sp³-hybridized carbons (Fsp3) is 0.310. The zero-order chi connectivity index (χ0) is 27.9. The summed E-state index contributed by atoms with van der Waals surface area (Å²) in [5, 5.41) is 3.16. The van der Waals surface area contributed by atoms with E-state index in [4.69, 9.17) is 11.6 Å². The molecule has 0 aromatic heterocycles. The van der Waals surface area contributed by atoms with E-state index in [0.29, 0.717) is 10.7 Å². The Hall–Kier alpha value is -3.36. The van der Waals surface area contributed by atoms with E-state index >= 15 is 0 Å². The number of hydrogen-bond donors (Lipinski definition) is 1. The van der Waals surface area contributed by atoms with Crippen molar-refractivity contribution < 1.29 is 18.0 Å². The fourth-order valence-electron chi connectivity index (χ4n) is 4.35. The molecule has 2 amide bonds. The molecule has 0 saturated carbocycles. The smallest absolute Gasteiger partial charge is 0.244 e. The van der Waals surface area contributed by atoms with Gasteiger partial charge >= 0.3 is 0 Å². The minimum absolute atomic E-state index is 0.0322. The molecule has 0 aliphatic rings. The molecule has 9 heteroatoms. The highest BCUT2D eigenvalue weighted by Gasteiger charge is 2.33. The number of rotatable bonds is 11. The topological polar surface area (TPSA) is 86.8 Å². The van der Waals surface area contributed by atoms with Crippen LogP contribution in [-0.2, 0) is 32.6 Å². The quantitative estimate of drug-likeness (QED) is 0.374. The number of sulfonamides is 1. The molecule has 1 N–H and O–H groups in total. The average Bonchev–Trinajstić information content (AvgIpc) is 2.88. The van der Waals surface area contributed by atoms with Gasteiger partial charge in [-0.3, -0.25) is 13.9 Å². The molecule has 0 heterocycles. The number of benzene rings is 3. The van der Waals surface area contributed by atoms with Crippen molar-refractivity contribution in [2.24, 2.45) is 0 Å². The number of nitrogens with one attached hydrogen (secondary N) is 1. The third-order valence-corrected chi connectivity index (χ3v) is 7.63. The van der Waals surface area contributed by atoms with Gasteiger partial charge in [0.15, 0.2) is 0 Å². The number of likely N-dealkylation sites (N-methyl/N-ethyl adjacent to an activating group) is 1. The van der Waals surface area contributed by atoms with Gasteiger partial charge in [-0.05, 0) is 40.8 Å². The highest BCUT2D eigenvalue weighted by Crippen LogP contribution is 2.29. The minimum Gasteiger partial charge on any atom is -0.357 e. The maximum atomic E-state index is 14.0. The lowest BCUT2D eigenvalue weighted by Crippen LogP contribution is -2.53. The largest absolute Gasteiger partial charge is 0.357 e. The Morgan fingerprint density at radius 3 is 2.16 bits per heavy atom. The highest BCUT2D eigenvalue weighted by atomic mass is 35.5. The van der Waals surface area contributed by atoms with Crippen LogP contribution in [0.1, 0.15) is 36.5 Å². The summed E-state index contributed by atoms with van der Waals surface area (Å²) in [5.41, 5.74) is 2.84. The van der Waals surface area contributed by atoms with E-state index < -0.39 is 28.5 Å². The summed E-state index contributed by atoms with van der Waals surface area (Å²) in [6, 6.07) is 22.7. The third-order valence-electron chi connectivity index (χ3n) is 6.27. The zero-order valence-electron chi connectivity index (χ0n) is 22.1. The molecule has 3 rings (SSSR count). The molecule has 202 valence electrons. The predicted octanol–water partition coefficient (Wildman–Crippen LogP) is 4.62. The van der Waals surface area contributed by atoms with Gasteiger partial charge in [-0.25, -0.2) is 8.42 Å². The normalized spacial score (nSPS) is 12.2. The van der Waals surface area contributed by atoms with Crippen molar-refractivity contribution in [3.63, 3.8) is 0 Å². The first-order valence-corrected chi connectivity index (χ1v) is 14.6. The maximum absolute atomic E-state index is 14.0. The number of nitrogens with zero attached hydrogens (tertiary/aromatic N) is 2. The second-order valence-electron chi connectivity index (χ2n) is 9.45. The van der Waals surface area contributed by atoms with Gasteiger partial charge < -0.3 is 10.2 Å². The molecule has 3 aromatic carbocycles. The van der Waals surface area contributed by atoms with E-state index in [1.165, 1.54) is 11.9 Å². The SMILES string of the molecule is CNC(=O)[C@@H](Cc1ccccc1)N(Cc1cccc(Cl)c1)C(=O)CN(c1ccccc1C(C)C)S(C)(=O)=O. The van der Waals surface area contributed by atoms with Crippen molar-refractivity contribution in [1.29, 1.82) is 0 Å². The number of hydrogen-bond acceptors (Lipinski definition) is 4. The van der Waals surface area contributed by atoms with Gasteiger partial charge in [0.1, 0.15) is 12.6 Å². The molecule has 3 aromatic rings. The molecule has 0 bridgehead atoms. The average molecular weight is 556 g/mol. The van der Waals surface area contributed by atoms with Gasteiger partial charge in [0.2, 0.25) is 21.8 Å². The summed E-state index contributed by atoms with van der Waals surface area (Å²) in [4.78, 5) is 28.6. The van der Waals surface area contributed by atoms with Crippen LogP contribution in [0.15, 0.2) is 78.9 Å². The van der Waals surface area contributed by atoms with E-state index in [1.807, 2.05) is 62.4 Å². The van der Waals surface area contributed by atoms with Gasteiger partial charge in [0.05, 0.1) is 11.9 Å². The van der Waals surface area contributed by atoms with Crippen LogP contribution in [0.4, 0.5) is 5.69 Å². The van der Waals surface area contributed by atoms with E-state index in [9.17, 15) is 18.0 Å². The minimum atomic E-state index is -3.83. The van der Waals surface area contributed by atoms with Crippen LogP contribution in [0.5, 0.6) is 0 Å². The van der Waals surface area contributed by atoms with Crippen LogP contribution in [-0.4, -0.2) is 51.0 Å². The van der Waals surface area contributed by atoms with Crippen LogP contribution in [0.3, 0.4) is 0 Å². The van der Waals surface area contributed by atoms with Crippen molar-refractivity contribution in [2.75, 3.05) is 24.2 Å². The Morgan fingerprint density at radius 1 is 0.921 bits per heavy atom. The Labute approximate surface area is 230 Å². The van der Waals surface area contributed by atoms with Crippen molar-refractivity contribution in [3.8, 4) is 0 Å². The molecule has 1 atom stereocenters. The summed E-state index contributed by atoms with van der Waals surface area (Å²) < 4.78 is 27.1. The summed E-state index contributed by atoms with van der Waals surface area (Å²) in [6.45, 7) is 3.56. The fourth-order valence-corrected chi connectivity index (χ4v) is 5.43. The van der Waals surface area contributed by atoms with E-state index in [2.05, 4.69) is 5.32 Å². The van der Waals surface area contributed by atoms with Gasteiger partial charge in [0, 0.05) is 25.0 Å². The lowest BCUT2D eigenvalue weighted by atomic mass is 10.0. The van der Waals surface area contributed by atoms with Crippen molar-refractivity contribution in [2.45, 2.75) is 38.8 Å². The number of amides is 2. The molecule has 0 spiro atoms. The number of carbonyl (C=O) groups excluding carboxylic acids is 2. The van der Waals surface area contributed by atoms with Gasteiger partial charge in [-0.1, -0.05) is 86.1 Å². The zero-order valence-corrected chi connectivity index (χ0v) is 23.7. The first kappa shape index (κ1) is 29.2. The molecule has 38 heavy (non-hydrogen) atoms. The third kappa shape index (κ3) is 7.58. The monoisotopic (exact) mass is 555 g/mol. The summed E-state index contributed by atoms with van der Waals surface area (Å²) in [6.07, 6.45) is 1.34. The molecular formula is C29H34ClN3O4S. The van der Waals surface area contributed by atoms with Crippen LogP contribution in [0, 0.1) is 0 Å². The first-order chi connectivity index (χ1) is 18.0. The van der Waals surface area contributed by atoms with Crippen molar-refractivity contribution in [3.05, 3.63) is 101 Å². The highest BCUT2D eigenvalue weighted by molar-refractivity contribution is 7.92. The molecule has 0 fully saturated rings. The maximum Gasteiger partial charge on any atom is 0.244 e. The van der Waals surface area contributed by atoms with Crippen LogP contribution in [0.2, 0.25) is 5.02 Å². The lowest BCUT2D eigenvalue weighted by Gasteiger charge is -2.34. The molecule has 0 saturated heterocycles. The van der Waals surface area contributed by atoms with Crippen molar-refractivity contribution in [1.82, 2.24) is 10.2 Å². The van der Waals surface area contributed by atoms with Gasteiger partial charge in [0.25, 0.3) is 0 Å². The number of anilines is 1. The predicted molar refractivity (Wildman–Crippen MR) is 153 cm³/mol. The summed E-state index contributed by atoms with van der Waals surface area (Å²) in [7, 11) is -2.31. The van der Waals surface area contributed by atoms with Crippen molar-refractivity contribution >= 4 is 39.1 Å². The molecule has 0 unspecified atom stereocenters. The van der Waals surface area contributed by atoms with Crippen LogP contribution in [0.25, 0.3) is 0 Å². The Bertz CT molecular complexity index is 1360. The first-order valence-electron chi connectivity index (χ1n) is 12.4. The van der Waals surface area contributed by atoms with Gasteiger partial charge in [-0.2, -0.15) is 0 Å². The van der Waals surface area contributed by atoms with E-state index in [1.54, 1.807) is 30.3 Å². The molecule has 0 aliphatic carbocycles. The van der Waals surface area contributed by atoms with E-state index in [-0.39, 0.29) is 24.8 Å². The van der Waals surface area contributed by atoms with Gasteiger partial charge in [-0.15, -0.1) is 0 Å². The lowest BCUT2D eigenvalue weighted by molar-refractivity contribution is -0.139. The second-order valence-corrected chi connectivity index (χ2v) is 11.8. The summed E-state index contributed by atoms with van der Waals surface area (Å²) in [5.74, 6) is -0.818. The number of carbonyl (C=O) groups is 2. The van der Waals surface area contributed by atoms with Crippen LogP contribution < -0.4 is 9.62 Å². The number of para-hydroxylation sites is 1. The molecule has 7 nitrogen and oxygen atoms in total. The Morgan fingerprint density at radius 2 is 1.55 bits per heavy atom. The Kier molecular flexibility index (Phi) is 9.94. The van der Waals surface area contributed by atoms with E-state index in [0.717, 1.165) is 27.3 Å². The molecule has 0 aliphatic heterocycles. The number of halogens is 1. The second kappa shape index (κ2) is 12.9. The van der Waals surface area contributed by atoms with Crippen LogP contribution >= 0.6 is 11.6 Å². The Balaban J connectivity index is 2.07. The standard InChI is InChI=1S/C29H34ClN3O4S/c1-21(2)25-15-8-9-16-26(25)33(38(4,36)37)20-28(34)32(19-23-13-10-14-24(30)17-23)27(29(35)31-3)18-22-11-6-5-7-12-22/h5-17,21,27H,18-20H2,1-4H3,(H,31,35)/t27-/m1/s1. The molecular weight excluding hydrogens is 522 g/mol. The molecule has 0 radical (unpaired) electrons.